The van der Waals surface area contributed by atoms with Gasteiger partial charge in [0.05, 0.1) is 0 Å². The summed E-state index contributed by atoms with van der Waals surface area (Å²) >= 11 is 0. The Bertz CT molecular complexity index is 712. The third-order valence-corrected chi connectivity index (χ3v) is 5.11. The van der Waals surface area contributed by atoms with Crippen molar-refractivity contribution in [3.63, 3.8) is 0 Å². The Kier molecular flexibility index (Phi) is 8.96. The Hall–Kier alpha value is -2.57. The molecule has 0 heterocycles. The summed E-state index contributed by atoms with van der Waals surface area (Å²) in [6, 6.07) is 5.58. The van der Waals surface area contributed by atoms with Gasteiger partial charge in [-0.1, -0.05) is 39.2 Å². The van der Waals surface area contributed by atoms with Crippen molar-refractivity contribution in [2.75, 3.05) is 17.2 Å². The largest absolute Gasteiger partial charge is 0.338 e. The number of benzene rings is 1. The summed E-state index contributed by atoms with van der Waals surface area (Å²) in [4.78, 5) is 36.0. The summed E-state index contributed by atoms with van der Waals surface area (Å²) in [5, 5.41) is 11.5. The predicted molar refractivity (Wildman–Crippen MR) is 116 cm³/mol. The Morgan fingerprint density at radius 1 is 1.07 bits per heavy atom. The molecule has 1 saturated carbocycles. The van der Waals surface area contributed by atoms with Gasteiger partial charge >= 0.3 is 6.03 Å². The maximum Gasteiger partial charge on any atom is 0.315 e. The molecule has 7 nitrogen and oxygen atoms in total. The number of carbonyl (C=O) groups excluding carboxylic acids is 3. The summed E-state index contributed by atoms with van der Waals surface area (Å²) in [5.41, 5.74) is 2.26. The molecular formula is C22H34N4O3. The van der Waals surface area contributed by atoms with E-state index in [9.17, 15) is 14.4 Å². The number of hydrogen-bond donors (Lipinski definition) is 4. The van der Waals surface area contributed by atoms with Gasteiger partial charge < -0.3 is 21.3 Å². The molecule has 4 amide bonds. The molecule has 0 radical (unpaired) electrons. The number of carbonyl (C=O) groups is 3. The second-order valence-corrected chi connectivity index (χ2v) is 8.06. The minimum Gasteiger partial charge on any atom is -0.338 e. The molecule has 160 valence electrons. The van der Waals surface area contributed by atoms with E-state index in [0.717, 1.165) is 18.4 Å². The van der Waals surface area contributed by atoms with Crippen LogP contribution in [-0.4, -0.2) is 30.4 Å². The first-order chi connectivity index (χ1) is 13.8. The van der Waals surface area contributed by atoms with Gasteiger partial charge in [0.2, 0.25) is 11.8 Å². The zero-order chi connectivity index (χ0) is 21.2. The van der Waals surface area contributed by atoms with Gasteiger partial charge in [-0.15, -0.1) is 0 Å². The highest BCUT2D eigenvalue weighted by molar-refractivity contribution is 5.95. The fourth-order valence-corrected chi connectivity index (χ4v) is 3.27. The van der Waals surface area contributed by atoms with E-state index in [4.69, 9.17) is 0 Å². The van der Waals surface area contributed by atoms with E-state index in [0.29, 0.717) is 30.8 Å². The molecule has 1 aromatic rings. The lowest BCUT2D eigenvalue weighted by Crippen LogP contribution is -2.43. The van der Waals surface area contributed by atoms with E-state index < -0.39 is 0 Å². The van der Waals surface area contributed by atoms with Crippen molar-refractivity contribution in [1.82, 2.24) is 10.6 Å². The number of nitrogens with one attached hydrogen (secondary N) is 4. The summed E-state index contributed by atoms with van der Waals surface area (Å²) in [7, 11) is 0. The monoisotopic (exact) mass is 402 g/mol. The molecule has 4 N–H and O–H groups in total. The Balaban J connectivity index is 1.71. The number of hydrogen-bond acceptors (Lipinski definition) is 3. The summed E-state index contributed by atoms with van der Waals surface area (Å²) in [6.45, 7) is 6.02. The van der Waals surface area contributed by atoms with Gasteiger partial charge in [0.15, 0.2) is 0 Å². The quantitative estimate of drug-likeness (QED) is 0.496. The van der Waals surface area contributed by atoms with Crippen LogP contribution in [0.15, 0.2) is 18.2 Å². The molecule has 0 atom stereocenters. The van der Waals surface area contributed by atoms with E-state index in [1.54, 1.807) is 6.07 Å². The Morgan fingerprint density at radius 2 is 1.79 bits per heavy atom. The minimum atomic E-state index is -0.151. The van der Waals surface area contributed by atoms with E-state index in [1.807, 2.05) is 32.9 Å². The third-order valence-electron chi connectivity index (χ3n) is 5.11. The van der Waals surface area contributed by atoms with E-state index in [1.165, 1.54) is 19.3 Å². The molecule has 0 saturated heterocycles. The smallest absolute Gasteiger partial charge is 0.315 e. The van der Waals surface area contributed by atoms with Gasteiger partial charge in [0.1, 0.15) is 0 Å². The molecule has 0 spiro atoms. The minimum absolute atomic E-state index is 0.0660. The van der Waals surface area contributed by atoms with Crippen molar-refractivity contribution < 1.29 is 14.4 Å². The maximum atomic E-state index is 12.2. The van der Waals surface area contributed by atoms with Crippen LogP contribution in [0.1, 0.15) is 64.4 Å². The Morgan fingerprint density at radius 3 is 2.48 bits per heavy atom. The average molecular weight is 403 g/mol. The van der Waals surface area contributed by atoms with Crippen molar-refractivity contribution in [2.24, 2.45) is 5.92 Å². The molecule has 1 aliphatic rings. The van der Waals surface area contributed by atoms with Crippen LogP contribution in [0, 0.1) is 12.8 Å². The SMILES string of the molecule is Cc1ccc(NC(=O)C(C)C)cc1NC(=O)CCCNC(=O)NC1CCCCC1. The molecule has 0 unspecified atom stereocenters. The van der Waals surface area contributed by atoms with Gasteiger partial charge in [-0.25, -0.2) is 4.79 Å². The molecule has 1 fully saturated rings. The number of aryl methyl sites for hydroxylation is 1. The van der Waals surface area contributed by atoms with Crippen molar-refractivity contribution in [2.45, 2.75) is 71.8 Å². The summed E-state index contributed by atoms with van der Waals surface area (Å²) in [6.07, 6.45) is 6.57. The molecule has 1 aromatic carbocycles. The van der Waals surface area contributed by atoms with Gasteiger partial charge in [0.25, 0.3) is 0 Å². The predicted octanol–water partition coefficient (Wildman–Crippen LogP) is 3.94. The van der Waals surface area contributed by atoms with Crippen LogP contribution in [0.3, 0.4) is 0 Å². The molecule has 29 heavy (non-hydrogen) atoms. The average Bonchev–Trinajstić information content (AvgIpc) is 2.68. The van der Waals surface area contributed by atoms with Crippen LogP contribution < -0.4 is 21.3 Å². The van der Waals surface area contributed by atoms with Crippen LogP contribution in [0.4, 0.5) is 16.2 Å². The van der Waals surface area contributed by atoms with Crippen molar-refractivity contribution in [3.05, 3.63) is 23.8 Å². The number of amides is 4. The molecule has 7 heteroatoms. The normalized spacial score (nSPS) is 14.3. The van der Waals surface area contributed by atoms with Crippen LogP contribution >= 0.6 is 0 Å². The standard InChI is InChI=1S/C22H34N4O3/c1-15(2)21(28)24-18-12-11-16(3)19(14-18)26-20(27)10-7-13-23-22(29)25-17-8-5-4-6-9-17/h11-12,14-15,17H,4-10,13H2,1-3H3,(H,24,28)(H,26,27)(H2,23,25,29). The number of rotatable bonds is 8. The van der Waals surface area contributed by atoms with E-state index in [2.05, 4.69) is 21.3 Å². The number of anilines is 2. The first-order valence-corrected chi connectivity index (χ1v) is 10.6. The maximum absolute atomic E-state index is 12.2. The molecule has 0 aromatic heterocycles. The molecular weight excluding hydrogens is 368 g/mol. The first kappa shape index (κ1) is 22.7. The first-order valence-electron chi connectivity index (χ1n) is 10.6. The van der Waals surface area contributed by atoms with E-state index in [-0.39, 0.29) is 29.8 Å². The fourth-order valence-electron chi connectivity index (χ4n) is 3.27. The van der Waals surface area contributed by atoms with Crippen molar-refractivity contribution in [1.29, 1.82) is 0 Å². The summed E-state index contributed by atoms with van der Waals surface area (Å²) < 4.78 is 0. The van der Waals surface area contributed by atoms with Gasteiger partial charge in [-0.3, -0.25) is 9.59 Å². The lowest BCUT2D eigenvalue weighted by Gasteiger charge is -2.22. The molecule has 1 aliphatic carbocycles. The second-order valence-electron chi connectivity index (χ2n) is 8.06. The van der Waals surface area contributed by atoms with Crippen molar-refractivity contribution in [3.8, 4) is 0 Å². The highest BCUT2D eigenvalue weighted by atomic mass is 16.2. The molecule has 2 rings (SSSR count). The van der Waals surface area contributed by atoms with Gasteiger partial charge in [-0.2, -0.15) is 0 Å². The van der Waals surface area contributed by atoms with Crippen LogP contribution in [0.5, 0.6) is 0 Å². The molecule has 0 aliphatic heterocycles. The summed E-state index contributed by atoms with van der Waals surface area (Å²) in [5.74, 6) is -0.296. The van der Waals surface area contributed by atoms with Gasteiger partial charge in [0, 0.05) is 36.3 Å². The third kappa shape index (κ3) is 8.13. The Labute approximate surface area is 173 Å². The van der Waals surface area contributed by atoms with Crippen LogP contribution in [-0.2, 0) is 9.59 Å². The highest BCUT2D eigenvalue weighted by Gasteiger charge is 2.15. The zero-order valence-corrected chi connectivity index (χ0v) is 17.8. The molecule has 0 bridgehead atoms. The van der Waals surface area contributed by atoms with Crippen LogP contribution in [0.2, 0.25) is 0 Å². The number of urea groups is 1. The van der Waals surface area contributed by atoms with Gasteiger partial charge in [-0.05, 0) is 43.9 Å². The zero-order valence-electron chi connectivity index (χ0n) is 17.8. The van der Waals surface area contributed by atoms with Crippen molar-refractivity contribution >= 4 is 29.2 Å². The fraction of sp³-hybridized carbons (Fsp3) is 0.591. The highest BCUT2D eigenvalue weighted by Crippen LogP contribution is 2.21. The second kappa shape index (κ2) is 11.4. The lowest BCUT2D eigenvalue weighted by molar-refractivity contribution is -0.119. The van der Waals surface area contributed by atoms with Crippen LogP contribution in [0.25, 0.3) is 0 Å². The topological polar surface area (TPSA) is 99.3 Å². The van der Waals surface area contributed by atoms with E-state index >= 15 is 0 Å². The lowest BCUT2D eigenvalue weighted by atomic mass is 9.96.